The molecule has 0 amide bonds. The first-order chi connectivity index (χ1) is 10.1. The highest BCUT2D eigenvalue weighted by atomic mass is 127. The number of nitrogens with zero attached hydrogens (tertiary/aromatic N) is 2. The zero-order valence-corrected chi connectivity index (χ0v) is 13.6. The monoisotopic (exact) mass is 392 g/mol. The Labute approximate surface area is 135 Å². The first-order valence-corrected chi connectivity index (χ1v) is 7.57. The quantitative estimate of drug-likeness (QED) is 0.644. The molecule has 3 aromatic rings. The van der Waals surface area contributed by atoms with Gasteiger partial charge in [0.25, 0.3) is 5.56 Å². The summed E-state index contributed by atoms with van der Waals surface area (Å²) in [6.45, 7) is 2.25. The van der Waals surface area contributed by atoms with Crippen molar-refractivity contribution in [3.63, 3.8) is 0 Å². The maximum absolute atomic E-state index is 12.0. The summed E-state index contributed by atoms with van der Waals surface area (Å²) in [5.41, 5.74) is 2.24. The lowest BCUT2D eigenvalue weighted by Crippen LogP contribution is -2.16. The summed E-state index contributed by atoms with van der Waals surface area (Å²) in [7, 11) is 0. The Morgan fingerprint density at radius 3 is 2.71 bits per heavy atom. The number of pyridine rings is 1. The van der Waals surface area contributed by atoms with Crippen LogP contribution in [0.2, 0.25) is 0 Å². The maximum Gasteiger partial charge on any atom is 0.258 e. The summed E-state index contributed by atoms with van der Waals surface area (Å²) in [5, 5.41) is 0. The van der Waals surface area contributed by atoms with Crippen molar-refractivity contribution < 1.29 is 4.74 Å². The van der Waals surface area contributed by atoms with Gasteiger partial charge in [0.1, 0.15) is 18.0 Å². The van der Waals surface area contributed by atoms with Crippen LogP contribution in [0.1, 0.15) is 11.3 Å². The van der Waals surface area contributed by atoms with Crippen LogP contribution in [0, 0.1) is 10.5 Å². The lowest BCUT2D eigenvalue weighted by molar-refractivity contribution is 0.301. The highest BCUT2D eigenvalue weighted by Gasteiger charge is 2.03. The van der Waals surface area contributed by atoms with E-state index in [0.717, 1.165) is 14.9 Å². The van der Waals surface area contributed by atoms with Gasteiger partial charge in [0.15, 0.2) is 0 Å². The van der Waals surface area contributed by atoms with E-state index in [0.29, 0.717) is 11.3 Å². The van der Waals surface area contributed by atoms with Gasteiger partial charge in [0.05, 0.1) is 5.69 Å². The largest absolute Gasteiger partial charge is 0.487 e. The minimum Gasteiger partial charge on any atom is -0.487 e. The van der Waals surface area contributed by atoms with Gasteiger partial charge in [-0.1, -0.05) is 0 Å². The molecule has 4 nitrogen and oxygen atoms in total. The normalized spacial score (nSPS) is 10.8. The van der Waals surface area contributed by atoms with Gasteiger partial charge in [-0.2, -0.15) is 0 Å². The minimum atomic E-state index is -0.0961. The van der Waals surface area contributed by atoms with Gasteiger partial charge in [-0.3, -0.25) is 9.20 Å². The number of aryl methyl sites for hydroxylation is 1. The fourth-order valence-corrected chi connectivity index (χ4v) is 2.38. The molecule has 2 aromatic heterocycles. The van der Waals surface area contributed by atoms with Crippen molar-refractivity contribution in [2.75, 3.05) is 0 Å². The Hall–Kier alpha value is -1.89. The van der Waals surface area contributed by atoms with E-state index in [4.69, 9.17) is 4.74 Å². The molecule has 0 spiro atoms. The van der Waals surface area contributed by atoms with Crippen molar-refractivity contribution in [1.82, 2.24) is 9.38 Å². The summed E-state index contributed by atoms with van der Waals surface area (Å²) in [5.74, 6) is 0.765. The van der Waals surface area contributed by atoms with Gasteiger partial charge < -0.3 is 4.74 Å². The predicted octanol–water partition coefficient (Wildman–Crippen LogP) is 3.19. The second-order valence-electron chi connectivity index (χ2n) is 4.76. The molecular weight excluding hydrogens is 379 g/mol. The third-order valence-electron chi connectivity index (χ3n) is 3.08. The van der Waals surface area contributed by atoms with E-state index in [1.54, 1.807) is 6.20 Å². The van der Waals surface area contributed by atoms with Crippen LogP contribution in [0.15, 0.2) is 53.5 Å². The molecule has 0 saturated heterocycles. The smallest absolute Gasteiger partial charge is 0.258 e. The van der Waals surface area contributed by atoms with E-state index in [1.807, 2.05) is 43.3 Å². The number of hydrogen-bond donors (Lipinski definition) is 0. The van der Waals surface area contributed by atoms with Crippen LogP contribution in [0.3, 0.4) is 0 Å². The second-order valence-corrected chi connectivity index (χ2v) is 6.01. The summed E-state index contributed by atoms with van der Waals surface area (Å²) in [6, 6.07) is 13.0. The Morgan fingerprint density at radius 2 is 1.95 bits per heavy atom. The Balaban J connectivity index is 1.87. The van der Waals surface area contributed by atoms with E-state index in [9.17, 15) is 4.79 Å². The molecule has 5 heteroatoms. The fraction of sp³-hybridized carbons (Fsp3) is 0.125. The number of fused-ring (bicyclic) bond motifs is 1. The second kappa shape index (κ2) is 5.85. The molecule has 21 heavy (non-hydrogen) atoms. The first-order valence-electron chi connectivity index (χ1n) is 6.49. The Bertz CT molecular complexity index is 841. The molecule has 106 valence electrons. The van der Waals surface area contributed by atoms with Crippen LogP contribution >= 0.6 is 22.6 Å². The van der Waals surface area contributed by atoms with Crippen LogP contribution in [-0.2, 0) is 6.61 Å². The van der Waals surface area contributed by atoms with Crippen LogP contribution in [-0.4, -0.2) is 9.38 Å². The molecule has 0 N–H and O–H groups in total. The number of aromatic nitrogens is 2. The van der Waals surface area contributed by atoms with Gasteiger partial charge in [0, 0.05) is 15.8 Å². The summed E-state index contributed by atoms with van der Waals surface area (Å²) in [4.78, 5) is 16.5. The average Bonchev–Trinajstić information content (AvgIpc) is 2.46. The number of benzene rings is 1. The molecule has 0 unspecified atom stereocenters. The number of ether oxygens (including phenoxy) is 1. The third-order valence-corrected chi connectivity index (χ3v) is 3.80. The molecule has 0 aliphatic rings. The molecule has 0 bridgehead atoms. The highest BCUT2D eigenvalue weighted by molar-refractivity contribution is 14.1. The lowest BCUT2D eigenvalue weighted by atomic mass is 10.3. The highest BCUT2D eigenvalue weighted by Crippen LogP contribution is 2.14. The van der Waals surface area contributed by atoms with Crippen molar-refractivity contribution in [2.45, 2.75) is 13.5 Å². The summed E-state index contributed by atoms with van der Waals surface area (Å²) < 4.78 is 8.35. The van der Waals surface area contributed by atoms with Crippen molar-refractivity contribution in [3.05, 3.63) is 73.8 Å². The average molecular weight is 392 g/mol. The standard InChI is InChI=1S/C16H13IN2O2/c1-11-6-7-19-15(8-11)18-13(9-16(19)20)10-21-14-4-2-12(17)3-5-14/h2-9H,10H2,1H3. The Kier molecular flexibility index (Phi) is 3.92. The molecule has 2 heterocycles. The van der Waals surface area contributed by atoms with Gasteiger partial charge >= 0.3 is 0 Å². The van der Waals surface area contributed by atoms with Crippen molar-refractivity contribution in [1.29, 1.82) is 0 Å². The van der Waals surface area contributed by atoms with E-state index in [1.165, 1.54) is 10.5 Å². The molecule has 1 aromatic carbocycles. The third kappa shape index (κ3) is 3.24. The van der Waals surface area contributed by atoms with Crippen molar-refractivity contribution >= 4 is 28.2 Å². The molecule has 0 aliphatic heterocycles. The van der Waals surface area contributed by atoms with Crippen molar-refractivity contribution in [2.24, 2.45) is 0 Å². The van der Waals surface area contributed by atoms with Crippen molar-refractivity contribution in [3.8, 4) is 5.75 Å². The van der Waals surface area contributed by atoms with Gasteiger partial charge in [0.2, 0.25) is 0 Å². The van der Waals surface area contributed by atoms with E-state index < -0.39 is 0 Å². The SMILES string of the molecule is Cc1ccn2c(=O)cc(COc3ccc(I)cc3)nc2c1. The minimum absolute atomic E-state index is 0.0961. The summed E-state index contributed by atoms with van der Waals surface area (Å²) in [6.07, 6.45) is 1.74. The van der Waals surface area contributed by atoms with E-state index in [2.05, 4.69) is 27.6 Å². The van der Waals surface area contributed by atoms with Crippen LogP contribution < -0.4 is 10.3 Å². The molecule has 0 saturated carbocycles. The molecule has 0 atom stereocenters. The molecular formula is C16H13IN2O2. The van der Waals surface area contributed by atoms with E-state index >= 15 is 0 Å². The zero-order chi connectivity index (χ0) is 14.8. The van der Waals surface area contributed by atoms with Gasteiger partial charge in [-0.05, 0) is 71.5 Å². The first kappa shape index (κ1) is 14.1. The van der Waals surface area contributed by atoms with Crippen LogP contribution in [0.5, 0.6) is 5.75 Å². The van der Waals surface area contributed by atoms with Crippen LogP contribution in [0.25, 0.3) is 5.65 Å². The van der Waals surface area contributed by atoms with Gasteiger partial charge in [-0.15, -0.1) is 0 Å². The van der Waals surface area contributed by atoms with E-state index in [-0.39, 0.29) is 12.2 Å². The predicted molar refractivity (Wildman–Crippen MR) is 89.7 cm³/mol. The molecule has 0 fully saturated rings. The molecule has 3 rings (SSSR count). The molecule has 0 radical (unpaired) electrons. The maximum atomic E-state index is 12.0. The lowest BCUT2D eigenvalue weighted by Gasteiger charge is -2.07. The summed E-state index contributed by atoms with van der Waals surface area (Å²) >= 11 is 2.24. The number of halogens is 1. The fourth-order valence-electron chi connectivity index (χ4n) is 2.02. The van der Waals surface area contributed by atoms with Crippen LogP contribution in [0.4, 0.5) is 0 Å². The van der Waals surface area contributed by atoms with Gasteiger partial charge in [-0.25, -0.2) is 4.98 Å². The zero-order valence-electron chi connectivity index (χ0n) is 11.4. The Morgan fingerprint density at radius 1 is 1.19 bits per heavy atom. The number of rotatable bonds is 3. The number of hydrogen-bond acceptors (Lipinski definition) is 3. The molecule has 0 aliphatic carbocycles. The topological polar surface area (TPSA) is 43.6 Å².